The summed E-state index contributed by atoms with van der Waals surface area (Å²) in [6.45, 7) is 6.19. The number of nitrogens with one attached hydrogen (secondary N) is 2. The Bertz CT molecular complexity index is 723. The summed E-state index contributed by atoms with van der Waals surface area (Å²) in [6, 6.07) is 6.56. The van der Waals surface area contributed by atoms with Crippen LogP contribution in [0.3, 0.4) is 0 Å². The molecule has 1 aromatic carbocycles. The molecule has 0 spiro atoms. The van der Waals surface area contributed by atoms with Crippen molar-refractivity contribution in [3.05, 3.63) is 24.3 Å². The van der Waals surface area contributed by atoms with E-state index in [9.17, 15) is 14.4 Å². The summed E-state index contributed by atoms with van der Waals surface area (Å²) in [5.74, 6) is -0.140. The average molecular weight is 448 g/mol. The molecular formula is C24H37N3O5. The van der Waals surface area contributed by atoms with E-state index >= 15 is 0 Å². The van der Waals surface area contributed by atoms with E-state index < -0.39 is 12.0 Å². The van der Waals surface area contributed by atoms with Gasteiger partial charge in [0.05, 0.1) is 26.2 Å². The molecule has 2 amide bonds. The molecule has 8 nitrogen and oxygen atoms in total. The smallest absolute Gasteiger partial charge is 0.307 e. The van der Waals surface area contributed by atoms with Crippen LogP contribution in [0.2, 0.25) is 0 Å². The Kier molecular flexibility index (Phi) is 11.6. The number of carbonyl (C=O) groups excluding carboxylic acids is 3. The van der Waals surface area contributed by atoms with Gasteiger partial charge in [0.25, 0.3) is 0 Å². The minimum Gasteiger partial charge on any atom is -0.494 e. The van der Waals surface area contributed by atoms with Gasteiger partial charge in [-0.1, -0.05) is 39.5 Å². The van der Waals surface area contributed by atoms with Crippen LogP contribution in [-0.2, 0) is 19.1 Å². The third-order valence-electron chi connectivity index (χ3n) is 5.31. The van der Waals surface area contributed by atoms with E-state index in [1.54, 1.807) is 17.0 Å². The van der Waals surface area contributed by atoms with Crippen LogP contribution in [0.25, 0.3) is 0 Å². The van der Waals surface area contributed by atoms with Gasteiger partial charge in [0.1, 0.15) is 11.8 Å². The molecule has 1 saturated heterocycles. The fourth-order valence-corrected chi connectivity index (χ4v) is 3.46. The van der Waals surface area contributed by atoms with E-state index in [0.717, 1.165) is 31.4 Å². The van der Waals surface area contributed by atoms with Gasteiger partial charge in [-0.25, -0.2) is 0 Å². The summed E-state index contributed by atoms with van der Waals surface area (Å²) < 4.78 is 10.9. The number of nitrogens with zero attached hydrogens (tertiary/aromatic N) is 1. The van der Waals surface area contributed by atoms with Crippen molar-refractivity contribution in [2.75, 3.05) is 38.2 Å². The molecule has 0 radical (unpaired) electrons. The largest absolute Gasteiger partial charge is 0.494 e. The number of carbonyl (C=O) groups is 3. The summed E-state index contributed by atoms with van der Waals surface area (Å²) >= 11 is 0. The number of esters is 1. The number of benzene rings is 1. The Hall–Kier alpha value is -2.61. The molecule has 1 aliphatic heterocycles. The summed E-state index contributed by atoms with van der Waals surface area (Å²) in [5, 5.41) is 5.60. The number of amides is 2. The van der Waals surface area contributed by atoms with E-state index in [4.69, 9.17) is 9.47 Å². The van der Waals surface area contributed by atoms with Crippen LogP contribution in [0.5, 0.6) is 5.75 Å². The number of hydrogen-bond donors (Lipinski definition) is 2. The van der Waals surface area contributed by atoms with Crippen molar-refractivity contribution < 1.29 is 23.9 Å². The van der Waals surface area contributed by atoms with E-state index in [2.05, 4.69) is 17.6 Å². The number of anilines is 1. The molecule has 1 unspecified atom stereocenters. The topological polar surface area (TPSA) is 97.0 Å². The van der Waals surface area contributed by atoms with Crippen molar-refractivity contribution in [2.24, 2.45) is 0 Å². The van der Waals surface area contributed by atoms with Gasteiger partial charge < -0.3 is 20.1 Å². The summed E-state index contributed by atoms with van der Waals surface area (Å²) in [7, 11) is 0. The molecule has 8 heteroatoms. The first-order valence-corrected chi connectivity index (χ1v) is 11.7. The van der Waals surface area contributed by atoms with Gasteiger partial charge in [-0.2, -0.15) is 0 Å². The Morgan fingerprint density at radius 3 is 2.53 bits per heavy atom. The number of ether oxygens (including phenoxy) is 2. The monoisotopic (exact) mass is 447 g/mol. The second-order valence-corrected chi connectivity index (χ2v) is 8.04. The molecule has 1 atom stereocenters. The Morgan fingerprint density at radius 1 is 1.06 bits per heavy atom. The van der Waals surface area contributed by atoms with Crippen molar-refractivity contribution in [1.82, 2.24) is 10.2 Å². The zero-order valence-corrected chi connectivity index (χ0v) is 19.4. The lowest BCUT2D eigenvalue weighted by atomic mass is 10.1. The summed E-state index contributed by atoms with van der Waals surface area (Å²) in [6.07, 6.45) is 6.26. The Labute approximate surface area is 191 Å². The predicted molar refractivity (Wildman–Crippen MR) is 124 cm³/mol. The zero-order chi connectivity index (χ0) is 23.2. The van der Waals surface area contributed by atoms with Crippen LogP contribution in [0.15, 0.2) is 24.3 Å². The minimum absolute atomic E-state index is 0.0238. The van der Waals surface area contributed by atoms with E-state index in [1.165, 1.54) is 12.8 Å². The second-order valence-electron chi connectivity index (χ2n) is 8.04. The van der Waals surface area contributed by atoms with E-state index in [-0.39, 0.29) is 24.8 Å². The molecule has 2 N–H and O–H groups in total. The first-order chi connectivity index (χ1) is 15.5. The first-order valence-electron chi connectivity index (χ1n) is 11.7. The van der Waals surface area contributed by atoms with Gasteiger partial charge in [-0.15, -0.1) is 0 Å². The molecule has 1 fully saturated rings. The Morgan fingerprint density at radius 2 is 1.81 bits per heavy atom. The standard InChI is InChI=1S/C24H37N3O5/c1-3-5-7-8-16-31-20-11-9-19(10-12-20)26-22(28)18-27-14-13-25-24(30)21(27)17-23(29)32-15-6-4-2/h9-12,21H,3-8,13-18H2,1-2H3,(H,25,30)(H,26,28). The van der Waals surface area contributed by atoms with Crippen LogP contribution in [0, 0.1) is 0 Å². The fourth-order valence-electron chi connectivity index (χ4n) is 3.46. The normalized spacial score (nSPS) is 16.3. The molecule has 0 saturated carbocycles. The molecule has 1 aromatic rings. The molecule has 178 valence electrons. The fraction of sp³-hybridized carbons (Fsp3) is 0.625. The maximum Gasteiger partial charge on any atom is 0.307 e. The predicted octanol–water partition coefficient (Wildman–Crippen LogP) is 3.12. The van der Waals surface area contributed by atoms with Crippen molar-refractivity contribution in [3.8, 4) is 5.75 Å². The molecule has 2 rings (SSSR count). The van der Waals surface area contributed by atoms with E-state index in [1.807, 2.05) is 19.1 Å². The molecule has 1 heterocycles. The molecule has 1 aliphatic rings. The van der Waals surface area contributed by atoms with Crippen LogP contribution in [-0.4, -0.2) is 61.6 Å². The van der Waals surface area contributed by atoms with Crippen LogP contribution < -0.4 is 15.4 Å². The van der Waals surface area contributed by atoms with Crippen LogP contribution >= 0.6 is 0 Å². The number of piperazine rings is 1. The second kappa shape index (κ2) is 14.5. The number of unbranched alkanes of at least 4 members (excludes halogenated alkanes) is 4. The minimum atomic E-state index is -0.702. The van der Waals surface area contributed by atoms with Gasteiger partial charge in [-0.3, -0.25) is 19.3 Å². The zero-order valence-electron chi connectivity index (χ0n) is 19.4. The third-order valence-corrected chi connectivity index (χ3v) is 5.31. The molecule has 0 aliphatic carbocycles. The lowest BCUT2D eigenvalue weighted by Gasteiger charge is -2.33. The molecule has 32 heavy (non-hydrogen) atoms. The quantitative estimate of drug-likeness (QED) is 0.336. The van der Waals surface area contributed by atoms with Gasteiger partial charge >= 0.3 is 5.97 Å². The van der Waals surface area contributed by atoms with Gasteiger partial charge in [-0.05, 0) is 37.1 Å². The van der Waals surface area contributed by atoms with Gasteiger partial charge in [0.2, 0.25) is 11.8 Å². The molecule has 0 bridgehead atoms. The highest BCUT2D eigenvalue weighted by atomic mass is 16.5. The van der Waals surface area contributed by atoms with Gasteiger partial charge in [0, 0.05) is 18.8 Å². The SMILES string of the molecule is CCCCCCOc1ccc(NC(=O)CN2CCNC(=O)C2CC(=O)OCCCC)cc1. The number of hydrogen-bond acceptors (Lipinski definition) is 6. The summed E-state index contributed by atoms with van der Waals surface area (Å²) in [5.41, 5.74) is 0.658. The number of rotatable bonds is 14. The lowest BCUT2D eigenvalue weighted by molar-refractivity contribution is -0.149. The van der Waals surface area contributed by atoms with Crippen molar-refractivity contribution >= 4 is 23.5 Å². The Balaban J connectivity index is 1.81. The first kappa shape index (κ1) is 25.6. The molecule has 0 aromatic heterocycles. The van der Waals surface area contributed by atoms with Crippen LogP contribution in [0.4, 0.5) is 5.69 Å². The highest BCUT2D eigenvalue weighted by Gasteiger charge is 2.33. The van der Waals surface area contributed by atoms with E-state index in [0.29, 0.717) is 32.0 Å². The third kappa shape index (κ3) is 9.26. The average Bonchev–Trinajstić information content (AvgIpc) is 2.77. The van der Waals surface area contributed by atoms with Crippen molar-refractivity contribution in [2.45, 2.75) is 64.8 Å². The maximum atomic E-state index is 12.6. The van der Waals surface area contributed by atoms with Gasteiger partial charge in [0.15, 0.2) is 0 Å². The highest BCUT2D eigenvalue weighted by molar-refractivity contribution is 5.93. The van der Waals surface area contributed by atoms with Crippen molar-refractivity contribution in [1.29, 1.82) is 0 Å². The molecular weight excluding hydrogens is 410 g/mol. The maximum absolute atomic E-state index is 12.6. The van der Waals surface area contributed by atoms with Crippen molar-refractivity contribution in [3.63, 3.8) is 0 Å². The van der Waals surface area contributed by atoms with Crippen LogP contribution in [0.1, 0.15) is 58.8 Å². The summed E-state index contributed by atoms with van der Waals surface area (Å²) in [4.78, 5) is 38.6. The highest BCUT2D eigenvalue weighted by Crippen LogP contribution is 2.17. The lowest BCUT2D eigenvalue weighted by Crippen LogP contribution is -2.57.